The first-order chi connectivity index (χ1) is 13.2. The van der Waals surface area contributed by atoms with Gasteiger partial charge < -0.3 is 10.1 Å². The molecule has 0 bridgehead atoms. The Hall–Kier alpha value is -2.96. The van der Waals surface area contributed by atoms with Gasteiger partial charge in [-0.15, -0.1) is 0 Å². The highest BCUT2D eigenvalue weighted by Gasteiger charge is 2.29. The smallest absolute Gasteiger partial charge is 0.217 e. The number of rotatable bonds is 6. The van der Waals surface area contributed by atoms with Gasteiger partial charge in [-0.2, -0.15) is 5.10 Å². The molecule has 3 heterocycles. The summed E-state index contributed by atoms with van der Waals surface area (Å²) in [6, 6.07) is 6.11. The van der Waals surface area contributed by atoms with E-state index in [-0.39, 0.29) is 6.10 Å². The Morgan fingerprint density at radius 2 is 2.07 bits per heavy atom. The number of hydrogen-bond donors (Lipinski definition) is 2. The number of hydrogen-bond acceptors (Lipinski definition) is 6. The van der Waals surface area contributed by atoms with Crippen LogP contribution in [0.2, 0.25) is 0 Å². The molecule has 7 nitrogen and oxygen atoms in total. The predicted octanol–water partition coefficient (Wildman–Crippen LogP) is 4.18. The molecule has 27 heavy (non-hydrogen) atoms. The summed E-state index contributed by atoms with van der Waals surface area (Å²) in [5.41, 5.74) is 2.29. The Bertz CT molecular complexity index is 879. The molecule has 0 saturated heterocycles. The maximum atomic E-state index is 6.24. The number of aromatic amines is 1. The van der Waals surface area contributed by atoms with Crippen LogP contribution in [-0.2, 0) is 0 Å². The Balaban J connectivity index is 1.39. The van der Waals surface area contributed by atoms with Crippen molar-refractivity contribution in [1.29, 1.82) is 0 Å². The summed E-state index contributed by atoms with van der Waals surface area (Å²) in [4.78, 5) is 12.7. The van der Waals surface area contributed by atoms with Crippen molar-refractivity contribution >= 4 is 11.6 Å². The maximum Gasteiger partial charge on any atom is 0.217 e. The van der Waals surface area contributed by atoms with Crippen LogP contribution < -0.4 is 10.1 Å². The zero-order chi connectivity index (χ0) is 18.6. The average Bonchev–Trinajstić information content (AvgIpc) is 3.32. The SMILES string of the molecule is CC(C)c1cccnc1O[C@@H]1CC[C@H](c2cc(Nc3cnccn3)n[nH]2)C1. The second-order valence-electron chi connectivity index (χ2n) is 7.23. The third-order valence-electron chi connectivity index (χ3n) is 4.94. The van der Waals surface area contributed by atoms with Crippen molar-refractivity contribution in [2.45, 2.75) is 51.0 Å². The van der Waals surface area contributed by atoms with Crippen LogP contribution in [0, 0.1) is 0 Å². The molecule has 1 saturated carbocycles. The molecule has 0 radical (unpaired) electrons. The maximum absolute atomic E-state index is 6.24. The third kappa shape index (κ3) is 4.07. The molecular formula is C20H24N6O. The second kappa shape index (κ2) is 7.73. The normalized spacial score (nSPS) is 19.4. The second-order valence-corrected chi connectivity index (χ2v) is 7.23. The van der Waals surface area contributed by atoms with Crippen LogP contribution >= 0.6 is 0 Å². The zero-order valence-electron chi connectivity index (χ0n) is 15.6. The number of nitrogens with one attached hydrogen (secondary N) is 2. The van der Waals surface area contributed by atoms with E-state index in [2.05, 4.69) is 50.4 Å². The van der Waals surface area contributed by atoms with Gasteiger partial charge in [0.05, 0.1) is 6.20 Å². The van der Waals surface area contributed by atoms with Crippen LogP contribution in [0.4, 0.5) is 11.6 Å². The fourth-order valence-electron chi connectivity index (χ4n) is 3.53. The summed E-state index contributed by atoms with van der Waals surface area (Å²) in [6.07, 6.45) is 10.00. The Labute approximate surface area is 158 Å². The molecule has 1 aliphatic carbocycles. The molecule has 4 rings (SSSR count). The quantitative estimate of drug-likeness (QED) is 0.682. The largest absolute Gasteiger partial charge is 0.474 e. The molecule has 2 N–H and O–H groups in total. The molecule has 0 aromatic carbocycles. The Morgan fingerprint density at radius 3 is 2.89 bits per heavy atom. The first kappa shape index (κ1) is 17.5. The summed E-state index contributed by atoms with van der Waals surface area (Å²) in [6.45, 7) is 4.33. The lowest BCUT2D eigenvalue weighted by Gasteiger charge is -2.17. The van der Waals surface area contributed by atoms with Crippen molar-refractivity contribution in [3.63, 3.8) is 0 Å². The summed E-state index contributed by atoms with van der Waals surface area (Å²) in [7, 11) is 0. The van der Waals surface area contributed by atoms with E-state index in [9.17, 15) is 0 Å². The van der Waals surface area contributed by atoms with Gasteiger partial charge in [0.1, 0.15) is 11.9 Å². The molecule has 0 amide bonds. The van der Waals surface area contributed by atoms with Crippen LogP contribution in [0.1, 0.15) is 56.2 Å². The molecule has 1 aliphatic rings. The van der Waals surface area contributed by atoms with E-state index < -0.39 is 0 Å². The predicted molar refractivity (Wildman–Crippen MR) is 103 cm³/mol. The molecule has 3 aromatic rings. The van der Waals surface area contributed by atoms with Gasteiger partial charge in [-0.3, -0.25) is 10.1 Å². The van der Waals surface area contributed by atoms with Crippen molar-refractivity contribution in [3.8, 4) is 5.88 Å². The average molecular weight is 364 g/mol. The standard InChI is InChI=1S/C20H24N6O/c1-13(2)16-4-3-7-23-20(16)27-15-6-5-14(10-15)17-11-18(26-25-17)24-19-12-21-8-9-22-19/h3-4,7-9,11-15H,5-6,10H2,1-2H3,(H2,22,24,25,26)/t14-,15+/m0/s1. The molecule has 3 aromatic heterocycles. The highest BCUT2D eigenvalue weighted by molar-refractivity contribution is 5.50. The first-order valence-electron chi connectivity index (χ1n) is 9.39. The fourth-order valence-corrected chi connectivity index (χ4v) is 3.53. The molecule has 0 aliphatic heterocycles. The van der Waals surface area contributed by atoms with Crippen LogP contribution in [0.15, 0.2) is 43.0 Å². The Kier molecular flexibility index (Phi) is 5.00. The highest BCUT2D eigenvalue weighted by Crippen LogP contribution is 2.37. The van der Waals surface area contributed by atoms with E-state index in [0.29, 0.717) is 17.7 Å². The van der Waals surface area contributed by atoms with E-state index >= 15 is 0 Å². The summed E-state index contributed by atoms with van der Waals surface area (Å²) >= 11 is 0. The summed E-state index contributed by atoms with van der Waals surface area (Å²) in [5.74, 6) is 3.01. The molecule has 0 spiro atoms. The minimum absolute atomic E-state index is 0.182. The van der Waals surface area contributed by atoms with Gasteiger partial charge >= 0.3 is 0 Å². The topological polar surface area (TPSA) is 88.6 Å². The van der Waals surface area contributed by atoms with Gasteiger partial charge in [0.15, 0.2) is 5.82 Å². The molecule has 140 valence electrons. The van der Waals surface area contributed by atoms with E-state index in [1.807, 2.05) is 12.1 Å². The van der Waals surface area contributed by atoms with Gasteiger partial charge in [0.2, 0.25) is 5.88 Å². The number of H-pyrrole nitrogens is 1. The molecule has 1 fully saturated rings. The first-order valence-corrected chi connectivity index (χ1v) is 9.39. The third-order valence-corrected chi connectivity index (χ3v) is 4.94. The zero-order valence-corrected chi connectivity index (χ0v) is 15.6. The van der Waals surface area contributed by atoms with Crippen molar-refractivity contribution in [3.05, 3.63) is 54.2 Å². The van der Waals surface area contributed by atoms with E-state index in [1.54, 1.807) is 24.8 Å². The minimum atomic E-state index is 0.182. The number of ether oxygens (including phenoxy) is 1. The lowest BCUT2D eigenvalue weighted by molar-refractivity contribution is 0.196. The van der Waals surface area contributed by atoms with Gasteiger partial charge in [-0.25, -0.2) is 9.97 Å². The van der Waals surface area contributed by atoms with Crippen molar-refractivity contribution in [2.24, 2.45) is 0 Å². The van der Waals surface area contributed by atoms with Crippen LogP contribution in [0.3, 0.4) is 0 Å². The summed E-state index contributed by atoms with van der Waals surface area (Å²) in [5, 5.41) is 10.7. The lowest BCUT2D eigenvalue weighted by Crippen LogP contribution is -2.14. The van der Waals surface area contributed by atoms with Crippen molar-refractivity contribution in [2.75, 3.05) is 5.32 Å². The lowest BCUT2D eigenvalue weighted by atomic mass is 10.0. The monoisotopic (exact) mass is 364 g/mol. The van der Waals surface area contributed by atoms with E-state index in [4.69, 9.17) is 4.74 Å². The highest BCUT2D eigenvalue weighted by atomic mass is 16.5. The van der Waals surface area contributed by atoms with Gasteiger partial charge in [-0.1, -0.05) is 19.9 Å². The molecular weight excluding hydrogens is 340 g/mol. The molecule has 7 heteroatoms. The Morgan fingerprint density at radius 1 is 1.15 bits per heavy atom. The number of nitrogens with zero attached hydrogens (tertiary/aromatic N) is 4. The number of anilines is 2. The number of pyridine rings is 1. The van der Waals surface area contributed by atoms with Crippen molar-refractivity contribution < 1.29 is 4.74 Å². The van der Waals surface area contributed by atoms with Crippen molar-refractivity contribution in [1.82, 2.24) is 25.1 Å². The van der Waals surface area contributed by atoms with E-state index in [1.165, 1.54) is 0 Å². The van der Waals surface area contributed by atoms with Gasteiger partial charge in [-0.05, 0) is 31.2 Å². The van der Waals surface area contributed by atoms with E-state index in [0.717, 1.165) is 42.2 Å². The van der Waals surface area contributed by atoms with Gasteiger partial charge in [0.25, 0.3) is 0 Å². The molecule has 2 atom stereocenters. The van der Waals surface area contributed by atoms with Gasteiger partial charge in [0, 0.05) is 41.8 Å². The number of aromatic nitrogens is 5. The van der Waals surface area contributed by atoms with Crippen LogP contribution in [0.5, 0.6) is 5.88 Å². The van der Waals surface area contributed by atoms with Crippen LogP contribution in [-0.4, -0.2) is 31.3 Å². The fraction of sp³-hybridized carbons (Fsp3) is 0.400. The van der Waals surface area contributed by atoms with Crippen LogP contribution in [0.25, 0.3) is 0 Å². The minimum Gasteiger partial charge on any atom is -0.474 e. The molecule has 0 unspecified atom stereocenters. The summed E-state index contributed by atoms with van der Waals surface area (Å²) < 4.78 is 6.24.